The fourth-order valence-corrected chi connectivity index (χ4v) is 4.95. The molecular weight excluding hydrogens is 459 g/mol. The standard InChI is InChI=1S/C22H23F5N6O/c23-17(24)12-33-20-15(10-29-33)28-11-18(31-20)32-8-6-21(7-9-32)5-4-14(21)13-34-19-3-1-2-16(30-19)22(25,26)27/h1-3,10-11,14,17H,4-9,12-13H2. The lowest BCUT2D eigenvalue weighted by atomic mass is 9.56. The van der Waals surface area contributed by atoms with Crippen molar-refractivity contribution in [2.24, 2.45) is 11.3 Å². The number of hydrogen-bond donors (Lipinski definition) is 0. The third-order valence-corrected chi connectivity index (χ3v) is 7.03. The van der Waals surface area contributed by atoms with Crippen molar-refractivity contribution in [3.8, 4) is 5.88 Å². The summed E-state index contributed by atoms with van der Waals surface area (Å²) in [7, 11) is 0. The van der Waals surface area contributed by atoms with Crippen LogP contribution in [-0.4, -0.2) is 50.9 Å². The van der Waals surface area contributed by atoms with Crippen molar-refractivity contribution in [1.29, 1.82) is 0 Å². The highest BCUT2D eigenvalue weighted by molar-refractivity contribution is 5.71. The molecule has 5 rings (SSSR count). The van der Waals surface area contributed by atoms with E-state index >= 15 is 0 Å². The van der Waals surface area contributed by atoms with Gasteiger partial charge in [0.05, 0.1) is 19.0 Å². The van der Waals surface area contributed by atoms with E-state index in [9.17, 15) is 22.0 Å². The zero-order chi connectivity index (χ0) is 23.9. The number of aromatic nitrogens is 5. The second kappa shape index (κ2) is 8.62. The molecule has 1 atom stereocenters. The van der Waals surface area contributed by atoms with Crippen LogP contribution in [0, 0.1) is 11.3 Å². The van der Waals surface area contributed by atoms with Gasteiger partial charge in [-0.1, -0.05) is 6.07 Å². The van der Waals surface area contributed by atoms with E-state index in [1.807, 2.05) is 0 Å². The third kappa shape index (κ3) is 4.37. The molecule has 1 aliphatic heterocycles. The lowest BCUT2D eigenvalue weighted by molar-refractivity contribution is -0.141. The van der Waals surface area contributed by atoms with Gasteiger partial charge in [0.15, 0.2) is 5.65 Å². The summed E-state index contributed by atoms with van der Waals surface area (Å²) in [6.07, 6.45) is -0.221. The predicted molar refractivity (Wildman–Crippen MR) is 113 cm³/mol. The van der Waals surface area contributed by atoms with Crippen LogP contribution >= 0.6 is 0 Å². The quantitative estimate of drug-likeness (QED) is 0.479. The van der Waals surface area contributed by atoms with Gasteiger partial charge in [-0.3, -0.25) is 0 Å². The fraction of sp³-hybridized carbons (Fsp3) is 0.545. The number of alkyl halides is 5. The van der Waals surface area contributed by atoms with E-state index in [-0.39, 0.29) is 17.2 Å². The molecule has 1 unspecified atom stereocenters. The number of rotatable bonds is 6. The first-order chi connectivity index (χ1) is 16.2. The highest BCUT2D eigenvalue weighted by atomic mass is 19.4. The summed E-state index contributed by atoms with van der Waals surface area (Å²) in [4.78, 5) is 14.5. The second-order valence-electron chi connectivity index (χ2n) is 8.91. The number of fused-ring (bicyclic) bond motifs is 1. The van der Waals surface area contributed by atoms with Gasteiger partial charge in [-0.15, -0.1) is 0 Å². The number of pyridine rings is 1. The van der Waals surface area contributed by atoms with E-state index in [0.717, 1.165) is 44.8 Å². The topological polar surface area (TPSA) is 69.0 Å². The second-order valence-corrected chi connectivity index (χ2v) is 8.91. The first-order valence-corrected chi connectivity index (χ1v) is 11.1. The van der Waals surface area contributed by atoms with Gasteiger partial charge in [-0.05, 0) is 43.1 Å². The molecule has 4 heterocycles. The summed E-state index contributed by atoms with van der Waals surface area (Å²) in [5.41, 5.74) is -0.0823. The maximum Gasteiger partial charge on any atom is 0.433 e. The normalized spacial score (nSPS) is 20.2. The van der Waals surface area contributed by atoms with Gasteiger partial charge < -0.3 is 9.64 Å². The Morgan fingerprint density at radius 1 is 1.09 bits per heavy atom. The Kier molecular flexibility index (Phi) is 5.76. The Bertz CT molecular complexity index is 1160. The molecule has 0 aromatic carbocycles. The van der Waals surface area contributed by atoms with Crippen LogP contribution in [0.3, 0.4) is 0 Å². The molecule has 3 aromatic heterocycles. The average molecular weight is 482 g/mol. The molecular formula is C22H23F5N6O. The zero-order valence-electron chi connectivity index (χ0n) is 18.2. The average Bonchev–Trinajstić information content (AvgIpc) is 3.19. The largest absolute Gasteiger partial charge is 0.477 e. The van der Waals surface area contributed by atoms with Crippen molar-refractivity contribution < 1.29 is 26.7 Å². The Balaban J connectivity index is 1.21. The van der Waals surface area contributed by atoms with Crippen LogP contribution in [0.2, 0.25) is 0 Å². The van der Waals surface area contributed by atoms with Gasteiger partial charge >= 0.3 is 6.18 Å². The third-order valence-electron chi connectivity index (χ3n) is 7.03. The van der Waals surface area contributed by atoms with Gasteiger partial charge in [0.1, 0.15) is 23.6 Å². The maximum atomic E-state index is 12.9. The molecule has 1 spiro atoms. The summed E-state index contributed by atoms with van der Waals surface area (Å²) < 4.78 is 71.1. The summed E-state index contributed by atoms with van der Waals surface area (Å²) in [5.74, 6) is 0.851. The van der Waals surface area contributed by atoms with E-state index < -0.39 is 24.8 Å². The summed E-state index contributed by atoms with van der Waals surface area (Å²) in [6, 6.07) is 3.66. The van der Waals surface area contributed by atoms with Crippen molar-refractivity contribution in [2.45, 2.75) is 44.8 Å². The molecule has 7 nitrogen and oxygen atoms in total. The van der Waals surface area contributed by atoms with E-state index in [0.29, 0.717) is 23.6 Å². The smallest absolute Gasteiger partial charge is 0.433 e. The molecule has 1 saturated heterocycles. The number of nitrogens with zero attached hydrogens (tertiary/aromatic N) is 6. The van der Waals surface area contributed by atoms with E-state index in [4.69, 9.17) is 4.74 Å². The Hall–Kier alpha value is -3.05. The Morgan fingerprint density at radius 3 is 2.56 bits per heavy atom. The SMILES string of the molecule is FC(F)Cn1ncc2ncc(N3CCC4(CCC4COc4cccc(C(F)(F)F)n4)CC3)nc21. The van der Waals surface area contributed by atoms with Crippen molar-refractivity contribution in [2.75, 3.05) is 24.6 Å². The van der Waals surface area contributed by atoms with Crippen LogP contribution in [0.15, 0.2) is 30.6 Å². The lowest BCUT2D eigenvalue weighted by Gasteiger charge is -2.54. The molecule has 12 heteroatoms. The minimum absolute atomic E-state index is 0.0155. The number of ether oxygens (including phenoxy) is 1. The Morgan fingerprint density at radius 2 is 1.88 bits per heavy atom. The molecule has 0 amide bonds. The first-order valence-electron chi connectivity index (χ1n) is 11.1. The van der Waals surface area contributed by atoms with Crippen molar-refractivity contribution in [3.05, 3.63) is 36.3 Å². The highest BCUT2D eigenvalue weighted by Gasteiger charge is 2.48. The van der Waals surface area contributed by atoms with Crippen LogP contribution in [0.25, 0.3) is 11.2 Å². The van der Waals surface area contributed by atoms with Gasteiger partial charge in [-0.25, -0.2) is 28.4 Å². The van der Waals surface area contributed by atoms with E-state index in [2.05, 4.69) is 25.0 Å². The fourth-order valence-electron chi connectivity index (χ4n) is 4.95. The number of hydrogen-bond acceptors (Lipinski definition) is 6. The molecule has 0 N–H and O–H groups in total. The predicted octanol–water partition coefficient (Wildman–Crippen LogP) is 4.58. The van der Waals surface area contributed by atoms with Crippen molar-refractivity contribution >= 4 is 17.0 Å². The molecule has 1 saturated carbocycles. The van der Waals surface area contributed by atoms with Gasteiger partial charge in [0.2, 0.25) is 5.88 Å². The molecule has 0 bridgehead atoms. The molecule has 2 fully saturated rings. The molecule has 0 radical (unpaired) electrons. The summed E-state index contributed by atoms with van der Waals surface area (Å²) in [5, 5.41) is 3.95. The van der Waals surface area contributed by atoms with E-state index in [1.54, 1.807) is 6.20 Å². The number of halogens is 5. The Labute approximate surface area is 192 Å². The van der Waals surface area contributed by atoms with Crippen molar-refractivity contribution in [3.63, 3.8) is 0 Å². The van der Waals surface area contributed by atoms with Crippen LogP contribution in [0.5, 0.6) is 5.88 Å². The minimum Gasteiger partial charge on any atom is -0.477 e. The van der Waals surface area contributed by atoms with E-state index in [1.165, 1.54) is 23.0 Å². The van der Waals surface area contributed by atoms with Gasteiger partial charge in [-0.2, -0.15) is 18.3 Å². The number of piperidine rings is 1. The van der Waals surface area contributed by atoms with Crippen LogP contribution < -0.4 is 9.64 Å². The molecule has 182 valence electrons. The molecule has 2 aliphatic rings. The van der Waals surface area contributed by atoms with Crippen LogP contribution in [0.1, 0.15) is 31.4 Å². The maximum absolute atomic E-state index is 12.9. The van der Waals surface area contributed by atoms with Crippen LogP contribution in [0.4, 0.5) is 27.8 Å². The summed E-state index contributed by atoms with van der Waals surface area (Å²) >= 11 is 0. The first kappa shape index (κ1) is 22.7. The molecule has 3 aromatic rings. The highest BCUT2D eigenvalue weighted by Crippen LogP contribution is 2.54. The summed E-state index contributed by atoms with van der Waals surface area (Å²) in [6.45, 7) is 1.24. The van der Waals surface area contributed by atoms with Gasteiger partial charge in [0, 0.05) is 19.2 Å². The molecule has 1 aliphatic carbocycles. The number of anilines is 1. The van der Waals surface area contributed by atoms with Gasteiger partial charge in [0.25, 0.3) is 6.43 Å². The van der Waals surface area contributed by atoms with Crippen molar-refractivity contribution in [1.82, 2.24) is 24.7 Å². The monoisotopic (exact) mass is 482 g/mol. The minimum atomic E-state index is -4.51. The molecule has 34 heavy (non-hydrogen) atoms. The lowest BCUT2D eigenvalue weighted by Crippen LogP contribution is -2.51. The van der Waals surface area contributed by atoms with Crippen LogP contribution in [-0.2, 0) is 12.7 Å². The zero-order valence-corrected chi connectivity index (χ0v) is 18.2.